The van der Waals surface area contributed by atoms with Gasteiger partial charge in [0.05, 0.1) is 28.8 Å². The number of halogens is 2. The van der Waals surface area contributed by atoms with Crippen molar-refractivity contribution in [2.45, 2.75) is 57.0 Å². The Balaban J connectivity index is 0.882. The number of nitrogens with zero attached hydrogens (tertiary/aromatic N) is 4. The summed E-state index contributed by atoms with van der Waals surface area (Å²) >= 11 is 5.95. The van der Waals surface area contributed by atoms with Gasteiger partial charge in [-0.15, -0.1) is 0 Å². The third-order valence-electron chi connectivity index (χ3n) is 10.4. The molecular formula is C41H39ClFN7O7. The number of methoxy groups -OCH3 is 1. The fraction of sp³-hybridized carbons (Fsp3) is 0.317. The van der Waals surface area contributed by atoms with Crippen LogP contribution in [-0.4, -0.2) is 93.9 Å². The van der Waals surface area contributed by atoms with Gasteiger partial charge in [-0.05, 0) is 67.7 Å². The number of anilines is 2. The van der Waals surface area contributed by atoms with E-state index in [1.54, 1.807) is 36.4 Å². The van der Waals surface area contributed by atoms with E-state index in [9.17, 15) is 33.2 Å². The third kappa shape index (κ3) is 8.69. The second kappa shape index (κ2) is 17.0. The van der Waals surface area contributed by atoms with Gasteiger partial charge in [0.25, 0.3) is 11.8 Å². The predicted molar refractivity (Wildman–Crippen MR) is 208 cm³/mol. The van der Waals surface area contributed by atoms with Crippen molar-refractivity contribution in [2.75, 3.05) is 32.1 Å². The summed E-state index contributed by atoms with van der Waals surface area (Å²) < 4.78 is 19.3. The number of hydrogen-bond donors (Lipinski definition) is 3. The van der Waals surface area contributed by atoms with Gasteiger partial charge < -0.3 is 15.4 Å². The molecule has 16 heteroatoms. The molecule has 7 rings (SSSR count). The number of imide groups is 2. The number of likely N-dealkylation sites (tertiary alicyclic amines) is 1. The van der Waals surface area contributed by atoms with Crippen molar-refractivity contribution in [3.8, 4) is 5.75 Å². The molecule has 0 spiro atoms. The number of ether oxygens (including phenoxy) is 1. The minimum atomic E-state index is -1.06. The lowest BCUT2D eigenvalue weighted by molar-refractivity contribution is -0.136. The Morgan fingerprint density at radius 1 is 1.02 bits per heavy atom. The summed E-state index contributed by atoms with van der Waals surface area (Å²) in [5.41, 5.74) is 2.72. The largest absolute Gasteiger partial charge is 0.496 e. The molecule has 294 valence electrons. The van der Waals surface area contributed by atoms with Crippen molar-refractivity contribution in [2.24, 2.45) is 0 Å². The van der Waals surface area contributed by atoms with Crippen molar-refractivity contribution in [1.29, 1.82) is 0 Å². The first kappa shape index (κ1) is 39.2. The molecule has 3 aliphatic rings. The standard InChI is InChI=1S/C41H39ClFN7O7/c1-57-34-21-32-29(38(45-22-44-32)47-26-8-9-31(43)30(42)20-26)19-24(34)18-27(51)5-3-15-49-16-13-25(14-17-49)46-35(52)11-7-23-4-2-6-28-37(23)41(56)50(40(28)55)33-10-12-36(53)48-39(33)54/h2-6,8-9,19-22,25,33H,7,10-18H2,1H3,(H,46,52)(H,44,45,47)(H,48,53,54)/b5-3+. The lowest BCUT2D eigenvalue weighted by atomic mass is 9.98. The number of aryl methyl sites for hydroxylation is 1. The van der Waals surface area contributed by atoms with E-state index >= 15 is 0 Å². The number of piperidine rings is 2. The van der Waals surface area contributed by atoms with Gasteiger partial charge >= 0.3 is 0 Å². The number of amides is 5. The molecule has 2 fully saturated rings. The number of aromatic nitrogens is 2. The van der Waals surface area contributed by atoms with E-state index in [-0.39, 0.29) is 66.0 Å². The molecule has 0 aliphatic carbocycles. The van der Waals surface area contributed by atoms with E-state index in [0.717, 1.165) is 30.8 Å². The second-order valence-electron chi connectivity index (χ2n) is 14.1. The molecule has 4 aromatic rings. The fourth-order valence-corrected chi connectivity index (χ4v) is 7.63. The second-order valence-corrected chi connectivity index (χ2v) is 14.5. The van der Waals surface area contributed by atoms with Gasteiger partial charge in [-0.2, -0.15) is 0 Å². The van der Waals surface area contributed by atoms with Crippen molar-refractivity contribution < 1.29 is 37.9 Å². The number of hydrogen-bond acceptors (Lipinski definition) is 11. The van der Waals surface area contributed by atoms with Crippen LogP contribution in [0.2, 0.25) is 5.02 Å². The van der Waals surface area contributed by atoms with E-state index in [1.165, 1.54) is 31.6 Å². The first-order chi connectivity index (χ1) is 27.5. The van der Waals surface area contributed by atoms with Gasteiger partial charge in [0.2, 0.25) is 17.7 Å². The Morgan fingerprint density at radius 3 is 2.58 bits per heavy atom. The van der Waals surface area contributed by atoms with Crippen LogP contribution in [0.4, 0.5) is 15.9 Å². The predicted octanol–water partition coefficient (Wildman–Crippen LogP) is 4.46. The molecule has 3 N–H and O–H groups in total. The number of rotatable bonds is 13. The first-order valence-corrected chi connectivity index (χ1v) is 18.9. The van der Waals surface area contributed by atoms with Gasteiger partial charge in [-0.25, -0.2) is 14.4 Å². The maximum absolute atomic E-state index is 13.7. The number of fused-ring (bicyclic) bond motifs is 2. The lowest BCUT2D eigenvalue weighted by Crippen LogP contribution is -2.54. The van der Waals surface area contributed by atoms with Crippen LogP contribution in [0, 0.1) is 5.82 Å². The summed E-state index contributed by atoms with van der Waals surface area (Å²) in [6, 6.07) is 11.6. The van der Waals surface area contributed by atoms with E-state index in [0.29, 0.717) is 45.8 Å². The van der Waals surface area contributed by atoms with Crippen LogP contribution in [0.1, 0.15) is 63.9 Å². The molecule has 3 aliphatic heterocycles. The maximum atomic E-state index is 13.7. The van der Waals surface area contributed by atoms with Crippen LogP contribution in [0.15, 0.2) is 67.0 Å². The van der Waals surface area contributed by atoms with E-state index in [1.807, 2.05) is 6.08 Å². The number of ketones is 1. The summed E-state index contributed by atoms with van der Waals surface area (Å²) in [6.45, 7) is 2.00. The summed E-state index contributed by atoms with van der Waals surface area (Å²) in [5, 5.41) is 9.04. The number of carbonyl (C=O) groups is 6. The molecule has 5 amide bonds. The quantitative estimate of drug-likeness (QED) is 0.129. The highest BCUT2D eigenvalue weighted by molar-refractivity contribution is 6.31. The summed E-state index contributed by atoms with van der Waals surface area (Å²) in [6.07, 6.45) is 6.74. The van der Waals surface area contributed by atoms with Gasteiger partial charge in [-0.3, -0.25) is 43.9 Å². The first-order valence-electron chi connectivity index (χ1n) is 18.6. The van der Waals surface area contributed by atoms with Gasteiger partial charge in [0.1, 0.15) is 29.8 Å². The van der Waals surface area contributed by atoms with Crippen LogP contribution < -0.4 is 20.7 Å². The third-order valence-corrected chi connectivity index (χ3v) is 10.7. The molecule has 1 unspecified atom stereocenters. The minimum Gasteiger partial charge on any atom is -0.496 e. The molecule has 1 aromatic heterocycles. The van der Waals surface area contributed by atoms with Crippen LogP contribution in [0.5, 0.6) is 5.75 Å². The maximum Gasteiger partial charge on any atom is 0.262 e. The number of nitrogens with one attached hydrogen (secondary N) is 3. The van der Waals surface area contributed by atoms with Gasteiger partial charge in [0.15, 0.2) is 5.78 Å². The van der Waals surface area contributed by atoms with Gasteiger partial charge in [0, 0.05) is 67.6 Å². The molecule has 0 saturated carbocycles. The average Bonchev–Trinajstić information content (AvgIpc) is 3.45. The van der Waals surface area contributed by atoms with Crippen LogP contribution in [0.25, 0.3) is 10.9 Å². The zero-order valence-electron chi connectivity index (χ0n) is 31.0. The molecule has 57 heavy (non-hydrogen) atoms. The van der Waals surface area contributed by atoms with Crippen molar-refractivity contribution >= 4 is 69.3 Å². The summed E-state index contributed by atoms with van der Waals surface area (Å²) in [7, 11) is 1.53. The molecule has 0 radical (unpaired) electrons. The molecule has 2 saturated heterocycles. The van der Waals surface area contributed by atoms with Crippen LogP contribution in [-0.2, 0) is 32.0 Å². The summed E-state index contributed by atoms with van der Waals surface area (Å²) in [5.74, 6) is -2.15. The van der Waals surface area contributed by atoms with Crippen molar-refractivity contribution in [1.82, 2.24) is 30.4 Å². The van der Waals surface area contributed by atoms with Crippen molar-refractivity contribution in [3.63, 3.8) is 0 Å². The Morgan fingerprint density at radius 2 is 1.82 bits per heavy atom. The zero-order chi connectivity index (χ0) is 40.2. The molecule has 14 nitrogen and oxygen atoms in total. The smallest absolute Gasteiger partial charge is 0.262 e. The normalized spacial score (nSPS) is 17.6. The Kier molecular flexibility index (Phi) is 11.7. The molecule has 3 aromatic carbocycles. The number of benzene rings is 3. The van der Waals surface area contributed by atoms with E-state index in [4.69, 9.17) is 16.3 Å². The topological polar surface area (TPSA) is 180 Å². The Hall–Kier alpha value is -6.06. The Bertz CT molecular complexity index is 2330. The number of carbonyl (C=O) groups excluding carboxylic acids is 6. The highest BCUT2D eigenvalue weighted by Crippen LogP contribution is 2.32. The minimum absolute atomic E-state index is 0.0297. The SMILES string of the molecule is COc1cc2ncnc(Nc3ccc(F)c(Cl)c3)c2cc1CC(=O)/C=C/CN1CCC(NC(=O)CCc2cccc3c2C(=O)N(C2CCC(=O)NC2=O)C3=O)CC1. The average molecular weight is 796 g/mol. The highest BCUT2D eigenvalue weighted by Gasteiger charge is 2.45. The van der Waals surface area contributed by atoms with Crippen LogP contribution in [0.3, 0.4) is 0 Å². The molecular weight excluding hydrogens is 757 g/mol. The monoisotopic (exact) mass is 795 g/mol. The van der Waals surface area contributed by atoms with Crippen molar-refractivity contribution in [3.05, 3.63) is 100 Å². The molecule has 1 atom stereocenters. The molecule has 4 heterocycles. The molecule has 0 bridgehead atoms. The highest BCUT2D eigenvalue weighted by atomic mass is 35.5. The lowest BCUT2D eigenvalue weighted by Gasteiger charge is -2.31. The number of allylic oxidation sites excluding steroid dienone is 1. The van der Waals surface area contributed by atoms with Gasteiger partial charge in [-0.1, -0.05) is 29.8 Å². The van der Waals surface area contributed by atoms with Crippen LogP contribution >= 0.6 is 11.6 Å². The fourth-order valence-electron chi connectivity index (χ4n) is 7.45. The van der Waals surface area contributed by atoms with E-state index < -0.39 is 35.5 Å². The van der Waals surface area contributed by atoms with E-state index in [2.05, 4.69) is 30.8 Å². The zero-order valence-corrected chi connectivity index (χ0v) is 31.7. The summed E-state index contributed by atoms with van der Waals surface area (Å²) in [4.78, 5) is 88.4. The Labute approximate surface area is 331 Å².